The van der Waals surface area contributed by atoms with Crippen LogP contribution in [0.3, 0.4) is 0 Å². The van der Waals surface area contributed by atoms with Crippen molar-refractivity contribution in [1.29, 1.82) is 0 Å². The van der Waals surface area contributed by atoms with Crippen LogP contribution in [0.4, 0.5) is 0 Å². The monoisotopic (exact) mass is 376 g/mol. The van der Waals surface area contributed by atoms with Crippen LogP contribution in [0, 0.1) is 13.8 Å². The molecule has 1 unspecified atom stereocenters. The second-order valence-electron chi connectivity index (χ2n) is 6.91. The highest BCUT2D eigenvalue weighted by Crippen LogP contribution is 2.28. The van der Waals surface area contributed by atoms with Crippen LogP contribution >= 0.6 is 0 Å². The van der Waals surface area contributed by atoms with E-state index in [0.29, 0.717) is 18.9 Å². The number of nitrogens with one attached hydrogen (secondary N) is 1. The maximum absolute atomic E-state index is 10.8. The highest BCUT2D eigenvalue weighted by molar-refractivity contribution is 5.77. The Hall–Kier alpha value is -3.12. The summed E-state index contributed by atoms with van der Waals surface area (Å²) in [5, 5.41) is 10.8. The molecular weight excluding hydrogens is 352 g/mol. The molecule has 1 aromatic carbocycles. The molecule has 0 radical (unpaired) electrons. The first kappa shape index (κ1) is 18.3. The average molecular weight is 376 g/mol. The van der Waals surface area contributed by atoms with Crippen LogP contribution in [-0.2, 0) is 6.42 Å². The Labute approximate surface area is 163 Å². The molecule has 3 heterocycles. The van der Waals surface area contributed by atoms with Crippen LogP contribution in [0.1, 0.15) is 35.7 Å². The maximum atomic E-state index is 10.8. The van der Waals surface area contributed by atoms with Crippen LogP contribution in [0.25, 0.3) is 16.7 Å². The van der Waals surface area contributed by atoms with E-state index in [2.05, 4.69) is 15.0 Å². The largest absolute Gasteiger partial charge is 0.493 e. The van der Waals surface area contributed by atoms with Gasteiger partial charge in [0, 0.05) is 47.5 Å². The lowest BCUT2D eigenvalue weighted by atomic mass is 10.1. The molecule has 3 aromatic heterocycles. The van der Waals surface area contributed by atoms with Crippen molar-refractivity contribution >= 4 is 11.0 Å². The van der Waals surface area contributed by atoms with Gasteiger partial charge in [0.1, 0.15) is 17.7 Å². The zero-order valence-electron chi connectivity index (χ0n) is 16.3. The van der Waals surface area contributed by atoms with Gasteiger partial charge in [-0.25, -0.2) is 4.98 Å². The van der Waals surface area contributed by atoms with Gasteiger partial charge < -0.3 is 19.4 Å². The number of fused-ring (bicyclic) bond motifs is 1. The second kappa shape index (κ2) is 7.48. The summed E-state index contributed by atoms with van der Waals surface area (Å²) in [6.07, 6.45) is 5.38. The normalized spacial score (nSPS) is 12.4. The molecule has 4 aromatic rings. The predicted octanol–water partition coefficient (Wildman–Crippen LogP) is 4.04. The number of rotatable bonds is 6. The lowest BCUT2D eigenvalue weighted by Gasteiger charge is -2.15. The molecular formula is C22H24N4O2. The molecule has 1 atom stereocenters. The van der Waals surface area contributed by atoms with E-state index < -0.39 is 6.10 Å². The van der Waals surface area contributed by atoms with E-state index in [0.717, 1.165) is 39.3 Å². The molecule has 0 saturated heterocycles. The third-order valence-corrected chi connectivity index (χ3v) is 4.92. The van der Waals surface area contributed by atoms with Crippen LogP contribution in [0.5, 0.6) is 5.75 Å². The molecule has 28 heavy (non-hydrogen) atoms. The van der Waals surface area contributed by atoms with Crippen molar-refractivity contribution < 1.29 is 9.84 Å². The van der Waals surface area contributed by atoms with E-state index >= 15 is 0 Å². The van der Waals surface area contributed by atoms with Crippen molar-refractivity contribution in [2.24, 2.45) is 0 Å². The summed E-state index contributed by atoms with van der Waals surface area (Å²) >= 11 is 0. The second-order valence-corrected chi connectivity index (χ2v) is 6.91. The van der Waals surface area contributed by atoms with E-state index in [1.807, 2.05) is 68.1 Å². The Bertz CT molecular complexity index is 1100. The number of H-pyrrole nitrogens is 1. The smallest absolute Gasteiger partial charge is 0.136 e. The standard InChI is InChI=1S/C22H24N4O2/c1-4-28-21-14(2)13-23-18(15(21)3)12-20(27)22-24-17-8-7-16(11-19(17)25-22)26-9-5-6-10-26/h5-11,13,20,27H,4,12H2,1-3H3,(H,24,25). The highest BCUT2D eigenvalue weighted by atomic mass is 16.5. The van der Waals surface area contributed by atoms with Gasteiger partial charge in [0.2, 0.25) is 0 Å². The molecule has 0 spiro atoms. The Balaban J connectivity index is 1.61. The quantitative estimate of drug-likeness (QED) is 0.532. The van der Waals surface area contributed by atoms with Gasteiger partial charge in [-0.2, -0.15) is 0 Å². The van der Waals surface area contributed by atoms with Gasteiger partial charge in [-0.15, -0.1) is 0 Å². The Morgan fingerprint density at radius 2 is 2.00 bits per heavy atom. The van der Waals surface area contributed by atoms with Crippen molar-refractivity contribution in [2.75, 3.05) is 6.61 Å². The van der Waals surface area contributed by atoms with Crippen molar-refractivity contribution in [1.82, 2.24) is 19.5 Å². The van der Waals surface area contributed by atoms with Gasteiger partial charge >= 0.3 is 0 Å². The van der Waals surface area contributed by atoms with Gasteiger partial charge in [-0.3, -0.25) is 4.98 Å². The molecule has 0 fully saturated rings. The summed E-state index contributed by atoms with van der Waals surface area (Å²) in [6, 6.07) is 9.97. The third-order valence-electron chi connectivity index (χ3n) is 4.92. The van der Waals surface area contributed by atoms with Crippen LogP contribution in [-0.4, -0.2) is 31.2 Å². The van der Waals surface area contributed by atoms with Gasteiger partial charge in [-0.1, -0.05) is 0 Å². The number of benzene rings is 1. The first-order chi connectivity index (χ1) is 13.6. The molecule has 0 aliphatic heterocycles. The molecule has 144 valence electrons. The average Bonchev–Trinajstić information content (AvgIpc) is 3.36. The number of pyridine rings is 1. The van der Waals surface area contributed by atoms with Crippen molar-refractivity contribution in [3.05, 3.63) is 71.6 Å². The number of aromatic nitrogens is 4. The van der Waals surface area contributed by atoms with E-state index in [1.54, 1.807) is 6.20 Å². The summed E-state index contributed by atoms with van der Waals surface area (Å²) in [5.74, 6) is 1.39. The summed E-state index contributed by atoms with van der Waals surface area (Å²) < 4.78 is 7.78. The molecule has 4 rings (SSSR count). The summed E-state index contributed by atoms with van der Waals surface area (Å²) in [7, 11) is 0. The number of aliphatic hydroxyl groups is 1. The third kappa shape index (κ3) is 3.39. The summed E-state index contributed by atoms with van der Waals surface area (Å²) in [4.78, 5) is 12.3. The Morgan fingerprint density at radius 3 is 2.75 bits per heavy atom. The number of nitrogens with zero attached hydrogens (tertiary/aromatic N) is 3. The molecule has 2 N–H and O–H groups in total. The van der Waals surface area contributed by atoms with Crippen molar-refractivity contribution in [2.45, 2.75) is 33.3 Å². The van der Waals surface area contributed by atoms with E-state index in [9.17, 15) is 5.11 Å². The van der Waals surface area contributed by atoms with Gasteiger partial charge in [0.25, 0.3) is 0 Å². The summed E-state index contributed by atoms with van der Waals surface area (Å²) in [5.41, 5.74) is 5.54. The first-order valence-electron chi connectivity index (χ1n) is 9.45. The topological polar surface area (TPSA) is 76.0 Å². The molecule has 0 aliphatic carbocycles. The van der Waals surface area contributed by atoms with Crippen LogP contribution < -0.4 is 4.74 Å². The first-order valence-corrected chi connectivity index (χ1v) is 9.45. The number of ether oxygens (including phenoxy) is 1. The molecule has 0 amide bonds. The fraction of sp³-hybridized carbons (Fsp3) is 0.273. The number of aromatic amines is 1. The predicted molar refractivity (Wildman–Crippen MR) is 109 cm³/mol. The van der Waals surface area contributed by atoms with Crippen LogP contribution in [0.15, 0.2) is 48.9 Å². The lowest BCUT2D eigenvalue weighted by molar-refractivity contribution is 0.168. The zero-order chi connectivity index (χ0) is 19.7. The molecule has 0 aliphatic rings. The van der Waals surface area contributed by atoms with E-state index in [1.165, 1.54) is 0 Å². The number of hydrogen-bond acceptors (Lipinski definition) is 4. The lowest BCUT2D eigenvalue weighted by Crippen LogP contribution is -2.09. The Morgan fingerprint density at radius 1 is 1.21 bits per heavy atom. The number of hydrogen-bond donors (Lipinski definition) is 2. The zero-order valence-corrected chi connectivity index (χ0v) is 16.3. The summed E-state index contributed by atoms with van der Waals surface area (Å²) in [6.45, 7) is 6.52. The fourth-order valence-corrected chi connectivity index (χ4v) is 3.45. The molecule has 0 bridgehead atoms. The maximum Gasteiger partial charge on any atom is 0.136 e. The van der Waals surface area contributed by atoms with Gasteiger partial charge in [-0.05, 0) is 51.1 Å². The molecule has 6 nitrogen and oxygen atoms in total. The van der Waals surface area contributed by atoms with Crippen LogP contribution in [0.2, 0.25) is 0 Å². The van der Waals surface area contributed by atoms with E-state index in [-0.39, 0.29) is 0 Å². The minimum absolute atomic E-state index is 0.371. The van der Waals surface area contributed by atoms with E-state index in [4.69, 9.17) is 4.74 Å². The van der Waals surface area contributed by atoms with Gasteiger partial charge in [0.05, 0.1) is 17.6 Å². The SMILES string of the molecule is CCOc1c(C)cnc(CC(O)c2nc3ccc(-n4cccc4)cc3[nH]2)c1C. The van der Waals surface area contributed by atoms with Gasteiger partial charge in [0.15, 0.2) is 0 Å². The minimum atomic E-state index is -0.772. The number of aryl methyl sites for hydroxylation is 1. The highest BCUT2D eigenvalue weighted by Gasteiger charge is 2.18. The minimum Gasteiger partial charge on any atom is -0.493 e. The number of aliphatic hydroxyl groups excluding tert-OH is 1. The molecule has 6 heteroatoms. The Kier molecular flexibility index (Phi) is 4.88. The van der Waals surface area contributed by atoms with Crippen molar-refractivity contribution in [3.8, 4) is 11.4 Å². The molecule has 0 saturated carbocycles. The van der Waals surface area contributed by atoms with Crippen molar-refractivity contribution in [3.63, 3.8) is 0 Å². The number of imidazole rings is 1. The fourth-order valence-electron chi connectivity index (χ4n) is 3.45.